The Kier molecular flexibility index (Phi) is 3.25. The molecule has 0 amide bonds. The molecule has 0 saturated heterocycles. The molecule has 0 radical (unpaired) electrons. The van der Waals surface area contributed by atoms with Gasteiger partial charge in [0.2, 0.25) is 0 Å². The maximum Gasteiger partial charge on any atom is 0.284 e. The van der Waals surface area contributed by atoms with Gasteiger partial charge in [-0.25, -0.2) is 8.78 Å². The summed E-state index contributed by atoms with van der Waals surface area (Å²) in [5.41, 5.74) is -1.79. The standard InChI is InChI=1S/C8H8F2N2O3/c1-4-2-11-5(3-13)6(8(9)10)7(4)12(14)15/h2,8,13H,3H2,1H3. The number of nitrogens with zero attached hydrogens (tertiary/aromatic N) is 2. The van der Waals surface area contributed by atoms with Crippen molar-refractivity contribution in [2.24, 2.45) is 0 Å². The number of nitro groups is 1. The highest BCUT2D eigenvalue weighted by atomic mass is 19.3. The Morgan fingerprint density at radius 2 is 2.27 bits per heavy atom. The van der Waals surface area contributed by atoms with Crippen molar-refractivity contribution < 1.29 is 18.8 Å². The topological polar surface area (TPSA) is 76.3 Å². The summed E-state index contributed by atoms with van der Waals surface area (Å²) in [7, 11) is 0. The molecule has 0 spiro atoms. The van der Waals surface area contributed by atoms with E-state index in [1.165, 1.54) is 6.92 Å². The molecule has 1 heterocycles. The highest BCUT2D eigenvalue weighted by Crippen LogP contribution is 2.33. The lowest BCUT2D eigenvalue weighted by molar-refractivity contribution is -0.387. The Labute approximate surface area is 83.5 Å². The lowest BCUT2D eigenvalue weighted by Gasteiger charge is -2.07. The van der Waals surface area contributed by atoms with Crippen molar-refractivity contribution in [1.82, 2.24) is 4.98 Å². The van der Waals surface area contributed by atoms with Gasteiger partial charge in [0.15, 0.2) is 0 Å². The predicted octanol–water partition coefficient (Wildman–Crippen LogP) is 1.73. The van der Waals surface area contributed by atoms with Gasteiger partial charge >= 0.3 is 0 Å². The SMILES string of the molecule is Cc1cnc(CO)c(C(F)F)c1[N+](=O)[O-]. The molecule has 0 aromatic carbocycles. The third-order valence-electron chi connectivity index (χ3n) is 1.90. The third kappa shape index (κ3) is 2.07. The minimum absolute atomic E-state index is 0.0486. The third-order valence-corrected chi connectivity index (χ3v) is 1.90. The van der Waals surface area contributed by atoms with E-state index in [2.05, 4.69) is 4.98 Å². The van der Waals surface area contributed by atoms with E-state index in [9.17, 15) is 18.9 Å². The minimum atomic E-state index is -3.03. The van der Waals surface area contributed by atoms with Gasteiger partial charge in [-0.15, -0.1) is 0 Å². The number of aromatic nitrogens is 1. The largest absolute Gasteiger partial charge is 0.390 e. The van der Waals surface area contributed by atoms with Gasteiger partial charge in [0.05, 0.1) is 17.2 Å². The number of alkyl halides is 2. The fourth-order valence-electron chi connectivity index (χ4n) is 1.25. The number of hydrogen-bond donors (Lipinski definition) is 1. The zero-order valence-corrected chi connectivity index (χ0v) is 7.78. The molecule has 0 bridgehead atoms. The van der Waals surface area contributed by atoms with Crippen LogP contribution in [-0.2, 0) is 6.61 Å². The van der Waals surface area contributed by atoms with Crippen molar-refractivity contribution in [2.75, 3.05) is 0 Å². The number of hydrogen-bond acceptors (Lipinski definition) is 4. The van der Waals surface area contributed by atoms with Crippen molar-refractivity contribution >= 4 is 5.69 Å². The van der Waals surface area contributed by atoms with Crippen LogP contribution in [-0.4, -0.2) is 15.0 Å². The van der Waals surface area contributed by atoms with Crippen LogP contribution < -0.4 is 0 Å². The van der Waals surface area contributed by atoms with Crippen LogP contribution in [0.1, 0.15) is 23.2 Å². The van der Waals surface area contributed by atoms with Crippen molar-refractivity contribution in [1.29, 1.82) is 0 Å². The molecule has 0 aliphatic rings. The number of aliphatic hydroxyl groups is 1. The van der Waals surface area contributed by atoms with E-state index in [1.54, 1.807) is 0 Å². The summed E-state index contributed by atoms with van der Waals surface area (Å²) in [6.07, 6.45) is -1.94. The van der Waals surface area contributed by atoms with E-state index >= 15 is 0 Å². The molecule has 0 saturated carbocycles. The first-order valence-corrected chi connectivity index (χ1v) is 4.00. The van der Waals surface area contributed by atoms with Crippen LogP contribution in [0.5, 0.6) is 0 Å². The maximum atomic E-state index is 12.6. The molecule has 0 unspecified atom stereocenters. The summed E-state index contributed by atoms with van der Waals surface area (Å²) < 4.78 is 25.1. The summed E-state index contributed by atoms with van der Waals surface area (Å²) in [4.78, 5) is 13.2. The zero-order valence-electron chi connectivity index (χ0n) is 7.78. The Morgan fingerprint density at radius 3 is 2.67 bits per heavy atom. The van der Waals surface area contributed by atoms with Crippen molar-refractivity contribution in [3.63, 3.8) is 0 Å². The highest BCUT2D eigenvalue weighted by molar-refractivity contribution is 5.48. The Bertz CT molecular complexity index is 396. The number of halogens is 2. The molecular formula is C8H8F2N2O3. The average Bonchev–Trinajstić information content (AvgIpc) is 2.16. The van der Waals surface area contributed by atoms with Crippen LogP contribution >= 0.6 is 0 Å². The van der Waals surface area contributed by atoms with Crippen LogP contribution in [0.3, 0.4) is 0 Å². The van der Waals surface area contributed by atoms with Gasteiger partial charge in [-0.2, -0.15) is 0 Å². The molecule has 1 N–H and O–H groups in total. The number of pyridine rings is 1. The van der Waals surface area contributed by atoms with Gasteiger partial charge in [0.1, 0.15) is 5.56 Å². The summed E-state index contributed by atoms with van der Waals surface area (Å²) >= 11 is 0. The van der Waals surface area contributed by atoms with Crippen LogP contribution in [0.15, 0.2) is 6.20 Å². The molecule has 1 aromatic rings. The van der Waals surface area contributed by atoms with Gasteiger partial charge in [0, 0.05) is 11.8 Å². The smallest absolute Gasteiger partial charge is 0.284 e. The summed E-state index contributed by atoms with van der Waals surface area (Å²) in [5.74, 6) is 0. The van der Waals surface area contributed by atoms with E-state index in [-0.39, 0.29) is 11.3 Å². The molecule has 1 rings (SSSR count). The lowest BCUT2D eigenvalue weighted by Crippen LogP contribution is -2.05. The summed E-state index contributed by atoms with van der Waals surface area (Å²) in [5, 5.41) is 19.3. The number of rotatable bonds is 3. The van der Waals surface area contributed by atoms with Crippen molar-refractivity contribution in [3.8, 4) is 0 Å². The fourth-order valence-corrected chi connectivity index (χ4v) is 1.25. The van der Waals surface area contributed by atoms with Crippen LogP contribution in [0.4, 0.5) is 14.5 Å². The van der Waals surface area contributed by atoms with Gasteiger partial charge < -0.3 is 5.11 Å². The molecule has 82 valence electrons. The second-order valence-electron chi connectivity index (χ2n) is 2.87. The molecular weight excluding hydrogens is 210 g/mol. The average molecular weight is 218 g/mol. The lowest BCUT2D eigenvalue weighted by atomic mass is 10.1. The normalized spacial score (nSPS) is 10.7. The van der Waals surface area contributed by atoms with E-state index < -0.39 is 29.2 Å². The molecule has 15 heavy (non-hydrogen) atoms. The Hall–Kier alpha value is -1.63. The van der Waals surface area contributed by atoms with E-state index in [4.69, 9.17) is 5.11 Å². The zero-order chi connectivity index (χ0) is 11.6. The Morgan fingerprint density at radius 1 is 1.67 bits per heavy atom. The molecule has 0 aliphatic carbocycles. The predicted molar refractivity (Wildman–Crippen MR) is 46.5 cm³/mol. The molecule has 0 atom stereocenters. The monoisotopic (exact) mass is 218 g/mol. The molecule has 1 aromatic heterocycles. The van der Waals surface area contributed by atoms with Crippen LogP contribution in [0.2, 0.25) is 0 Å². The van der Waals surface area contributed by atoms with Gasteiger partial charge in [0.25, 0.3) is 12.1 Å². The first kappa shape index (κ1) is 11.4. The van der Waals surface area contributed by atoms with Gasteiger partial charge in [-0.1, -0.05) is 0 Å². The summed E-state index contributed by atoms with van der Waals surface area (Å²) in [6.45, 7) is 0.568. The van der Waals surface area contributed by atoms with Crippen molar-refractivity contribution in [3.05, 3.63) is 33.1 Å². The first-order valence-electron chi connectivity index (χ1n) is 4.00. The molecule has 0 fully saturated rings. The van der Waals surface area contributed by atoms with Crippen LogP contribution in [0.25, 0.3) is 0 Å². The van der Waals surface area contributed by atoms with E-state index in [1.807, 2.05) is 0 Å². The quantitative estimate of drug-likeness (QED) is 0.619. The highest BCUT2D eigenvalue weighted by Gasteiger charge is 2.28. The fraction of sp³-hybridized carbons (Fsp3) is 0.375. The second-order valence-corrected chi connectivity index (χ2v) is 2.87. The number of aryl methyl sites for hydroxylation is 1. The van der Waals surface area contributed by atoms with E-state index in [0.29, 0.717) is 0 Å². The summed E-state index contributed by atoms with van der Waals surface area (Å²) in [6, 6.07) is 0. The molecule has 7 heteroatoms. The first-order chi connectivity index (χ1) is 6.99. The van der Waals surface area contributed by atoms with Crippen LogP contribution in [0, 0.1) is 17.0 Å². The van der Waals surface area contributed by atoms with Crippen molar-refractivity contribution in [2.45, 2.75) is 20.0 Å². The Balaban J connectivity index is 3.51. The minimum Gasteiger partial charge on any atom is -0.390 e. The molecule has 0 aliphatic heterocycles. The van der Waals surface area contributed by atoms with Gasteiger partial charge in [-0.3, -0.25) is 15.1 Å². The second kappa shape index (κ2) is 4.26. The molecule has 5 nitrogen and oxygen atoms in total. The number of aliphatic hydroxyl groups excluding tert-OH is 1. The van der Waals surface area contributed by atoms with E-state index in [0.717, 1.165) is 6.20 Å². The maximum absolute atomic E-state index is 12.6. The van der Waals surface area contributed by atoms with Gasteiger partial charge in [-0.05, 0) is 6.92 Å².